The number of rotatable bonds is 7. The first kappa shape index (κ1) is 16.6. The number of hydrogen-bond donors (Lipinski definition) is 1. The molecule has 0 saturated heterocycles. The molecule has 0 heterocycles. The van der Waals surface area contributed by atoms with E-state index in [2.05, 4.69) is 11.9 Å². The Balaban J connectivity index is 2.76. The Bertz CT molecular complexity index is 502. The summed E-state index contributed by atoms with van der Waals surface area (Å²) in [6, 6.07) is 6.61. The molecule has 0 aliphatic carbocycles. The molecule has 2 amide bonds. The van der Waals surface area contributed by atoms with Crippen LogP contribution in [0.15, 0.2) is 36.9 Å². The van der Waals surface area contributed by atoms with Crippen molar-refractivity contribution in [2.75, 3.05) is 32.1 Å². The maximum absolute atomic E-state index is 12.2. The number of methoxy groups -OCH3 is 1. The van der Waals surface area contributed by atoms with Gasteiger partial charge in [0.05, 0.1) is 19.4 Å². The highest BCUT2D eigenvalue weighted by Crippen LogP contribution is 2.23. The Morgan fingerprint density at radius 3 is 2.71 bits per heavy atom. The van der Waals surface area contributed by atoms with E-state index in [1.165, 1.54) is 12.0 Å². The normalized spacial score (nSPS) is 9.62. The summed E-state index contributed by atoms with van der Waals surface area (Å²) in [6.45, 7) is 5.66. The van der Waals surface area contributed by atoms with Crippen LogP contribution in [0.3, 0.4) is 0 Å². The predicted molar refractivity (Wildman–Crippen MR) is 80.4 cm³/mol. The number of benzene rings is 1. The lowest BCUT2D eigenvalue weighted by Crippen LogP contribution is -2.39. The Morgan fingerprint density at radius 2 is 2.10 bits per heavy atom. The van der Waals surface area contributed by atoms with E-state index in [4.69, 9.17) is 9.47 Å². The van der Waals surface area contributed by atoms with Crippen molar-refractivity contribution in [3.8, 4) is 5.75 Å². The minimum Gasteiger partial charge on any atom is -0.495 e. The molecular formula is C15H20N2O4. The molecule has 0 aromatic heterocycles. The highest BCUT2D eigenvalue weighted by atomic mass is 16.5. The molecule has 21 heavy (non-hydrogen) atoms. The van der Waals surface area contributed by atoms with Gasteiger partial charge in [-0.05, 0) is 19.1 Å². The second kappa shape index (κ2) is 8.63. The van der Waals surface area contributed by atoms with E-state index in [-0.39, 0.29) is 19.7 Å². The number of urea groups is 1. The summed E-state index contributed by atoms with van der Waals surface area (Å²) in [4.78, 5) is 25.0. The average Bonchev–Trinajstić information content (AvgIpc) is 2.47. The number of nitrogens with zero attached hydrogens (tertiary/aromatic N) is 1. The van der Waals surface area contributed by atoms with Crippen LogP contribution in [0.5, 0.6) is 5.75 Å². The summed E-state index contributed by atoms with van der Waals surface area (Å²) in [7, 11) is 1.52. The van der Waals surface area contributed by atoms with E-state index in [1.807, 2.05) is 0 Å². The van der Waals surface area contributed by atoms with Crippen LogP contribution in [0.4, 0.5) is 10.5 Å². The molecule has 1 aromatic carbocycles. The molecular weight excluding hydrogens is 272 g/mol. The van der Waals surface area contributed by atoms with Crippen molar-refractivity contribution in [1.29, 1.82) is 0 Å². The largest absolute Gasteiger partial charge is 0.495 e. The van der Waals surface area contributed by atoms with Crippen molar-refractivity contribution in [3.05, 3.63) is 36.9 Å². The van der Waals surface area contributed by atoms with Crippen LogP contribution in [-0.4, -0.2) is 43.7 Å². The van der Waals surface area contributed by atoms with Crippen molar-refractivity contribution < 1.29 is 19.1 Å². The Morgan fingerprint density at radius 1 is 1.38 bits per heavy atom. The van der Waals surface area contributed by atoms with Gasteiger partial charge in [0.2, 0.25) is 0 Å². The summed E-state index contributed by atoms with van der Waals surface area (Å²) >= 11 is 0. The molecule has 0 aliphatic heterocycles. The summed E-state index contributed by atoms with van der Waals surface area (Å²) in [5, 5.41) is 2.70. The fraction of sp³-hybridized carbons (Fsp3) is 0.333. The highest BCUT2D eigenvalue weighted by molar-refractivity contribution is 5.93. The average molecular weight is 292 g/mol. The second-order valence-corrected chi connectivity index (χ2v) is 4.10. The third-order valence-corrected chi connectivity index (χ3v) is 2.61. The number of carbonyl (C=O) groups is 2. The molecule has 0 aliphatic rings. The van der Waals surface area contributed by atoms with Gasteiger partial charge in [-0.2, -0.15) is 0 Å². The van der Waals surface area contributed by atoms with Gasteiger partial charge >= 0.3 is 12.0 Å². The van der Waals surface area contributed by atoms with Crippen LogP contribution < -0.4 is 10.1 Å². The number of amides is 2. The smallest absolute Gasteiger partial charge is 0.325 e. The van der Waals surface area contributed by atoms with Crippen molar-refractivity contribution in [2.24, 2.45) is 0 Å². The molecule has 1 N–H and O–H groups in total. The van der Waals surface area contributed by atoms with Crippen LogP contribution in [0.1, 0.15) is 6.92 Å². The van der Waals surface area contributed by atoms with Crippen LogP contribution in [0, 0.1) is 0 Å². The molecule has 6 nitrogen and oxygen atoms in total. The van der Waals surface area contributed by atoms with E-state index >= 15 is 0 Å². The molecule has 0 radical (unpaired) electrons. The number of hydrogen-bond acceptors (Lipinski definition) is 4. The van der Waals surface area contributed by atoms with E-state index < -0.39 is 12.0 Å². The predicted octanol–water partition coefficient (Wildman–Crippen LogP) is 2.28. The van der Waals surface area contributed by atoms with Gasteiger partial charge in [-0.1, -0.05) is 18.2 Å². The van der Waals surface area contributed by atoms with Crippen LogP contribution in [0.25, 0.3) is 0 Å². The molecule has 0 saturated carbocycles. The maximum Gasteiger partial charge on any atom is 0.325 e. The molecule has 0 spiro atoms. The third-order valence-electron chi connectivity index (χ3n) is 2.61. The lowest BCUT2D eigenvalue weighted by Gasteiger charge is -2.21. The van der Waals surface area contributed by atoms with Crippen LogP contribution >= 0.6 is 0 Å². The SMILES string of the molecule is C=CCN(CC(=O)OCC)C(=O)Nc1ccccc1OC. The highest BCUT2D eigenvalue weighted by Gasteiger charge is 2.17. The molecule has 0 bridgehead atoms. The minimum absolute atomic E-state index is 0.138. The van der Waals surface area contributed by atoms with E-state index in [0.29, 0.717) is 11.4 Å². The summed E-state index contributed by atoms with van der Waals surface area (Å²) in [5.41, 5.74) is 0.530. The quantitative estimate of drug-likeness (QED) is 0.618. The fourth-order valence-corrected chi connectivity index (χ4v) is 1.68. The first-order valence-corrected chi connectivity index (χ1v) is 6.57. The van der Waals surface area contributed by atoms with Gasteiger partial charge in [-0.15, -0.1) is 6.58 Å². The number of nitrogens with one attached hydrogen (secondary N) is 1. The summed E-state index contributed by atoms with van der Waals surface area (Å²) in [5.74, 6) is 0.0788. The van der Waals surface area contributed by atoms with Crippen LogP contribution in [-0.2, 0) is 9.53 Å². The number of esters is 1. The molecule has 0 fully saturated rings. The zero-order chi connectivity index (χ0) is 15.7. The molecule has 0 unspecified atom stereocenters. The van der Waals surface area contributed by atoms with Gasteiger partial charge in [0, 0.05) is 6.54 Å². The molecule has 1 aromatic rings. The van der Waals surface area contributed by atoms with E-state index in [0.717, 1.165) is 0 Å². The summed E-state index contributed by atoms with van der Waals surface area (Å²) < 4.78 is 10.0. The van der Waals surface area contributed by atoms with E-state index in [9.17, 15) is 9.59 Å². The molecule has 6 heteroatoms. The fourth-order valence-electron chi connectivity index (χ4n) is 1.68. The van der Waals surface area contributed by atoms with Gasteiger partial charge in [-0.25, -0.2) is 4.79 Å². The number of para-hydroxylation sites is 2. The summed E-state index contributed by atoms with van der Waals surface area (Å²) in [6.07, 6.45) is 1.54. The second-order valence-electron chi connectivity index (χ2n) is 4.10. The minimum atomic E-state index is -0.463. The number of ether oxygens (including phenoxy) is 2. The molecule has 0 atom stereocenters. The Kier molecular flexibility index (Phi) is 6.80. The van der Waals surface area contributed by atoms with Gasteiger partial charge < -0.3 is 19.7 Å². The van der Waals surface area contributed by atoms with E-state index in [1.54, 1.807) is 37.3 Å². The Hall–Kier alpha value is -2.50. The number of carbonyl (C=O) groups excluding carboxylic acids is 2. The zero-order valence-electron chi connectivity index (χ0n) is 12.3. The van der Waals surface area contributed by atoms with Crippen LogP contribution in [0.2, 0.25) is 0 Å². The first-order valence-electron chi connectivity index (χ1n) is 6.57. The Labute approximate surface area is 124 Å². The third kappa shape index (κ3) is 5.18. The number of anilines is 1. The van der Waals surface area contributed by atoms with Gasteiger partial charge in [0.1, 0.15) is 12.3 Å². The maximum atomic E-state index is 12.2. The lowest BCUT2D eigenvalue weighted by atomic mass is 10.3. The van der Waals surface area contributed by atoms with Crippen molar-refractivity contribution >= 4 is 17.7 Å². The van der Waals surface area contributed by atoms with Gasteiger partial charge in [-0.3, -0.25) is 4.79 Å². The van der Waals surface area contributed by atoms with Crippen molar-refractivity contribution in [3.63, 3.8) is 0 Å². The standard InChI is InChI=1S/C15H20N2O4/c1-4-10-17(11-14(18)21-5-2)15(19)16-12-8-6-7-9-13(12)20-3/h4,6-9H,1,5,10-11H2,2-3H3,(H,16,19). The van der Waals surface area contributed by atoms with Gasteiger partial charge in [0.15, 0.2) is 0 Å². The first-order chi connectivity index (χ1) is 10.1. The van der Waals surface area contributed by atoms with Gasteiger partial charge in [0.25, 0.3) is 0 Å². The van der Waals surface area contributed by atoms with Crippen molar-refractivity contribution in [2.45, 2.75) is 6.92 Å². The zero-order valence-corrected chi connectivity index (χ0v) is 12.3. The lowest BCUT2D eigenvalue weighted by molar-refractivity contribution is -0.143. The monoisotopic (exact) mass is 292 g/mol. The molecule has 1 rings (SSSR count). The topological polar surface area (TPSA) is 67.9 Å². The van der Waals surface area contributed by atoms with Crippen molar-refractivity contribution in [1.82, 2.24) is 4.90 Å². The molecule has 114 valence electrons.